The number of nitrogens with zero attached hydrogens (tertiary/aromatic N) is 4. The Labute approximate surface area is 176 Å². The fourth-order valence-electron chi connectivity index (χ4n) is 3.80. The summed E-state index contributed by atoms with van der Waals surface area (Å²) in [4.78, 5) is 18.2. The van der Waals surface area contributed by atoms with Crippen molar-refractivity contribution in [1.82, 2.24) is 19.7 Å². The fourth-order valence-corrected chi connectivity index (χ4v) is 3.80. The van der Waals surface area contributed by atoms with Crippen molar-refractivity contribution in [2.24, 2.45) is 6.98 Å². The second kappa shape index (κ2) is 6.55. The highest BCUT2D eigenvalue weighted by atomic mass is 16.2. The van der Waals surface area contributed by atoms with Crippen LogP contribution in [0.15, 0.2) is 54.9 Å². The summed E-state index contributed by atoms with van der Waals surface area (Å²) in [6.45, 7) is -0.445. The molecule has 29 heavy (non-hydrogen) atoms. The van der Waals surface area contributed by atoms with Gasteiger partial charge in [-0.05, 0) is 53.8 Å². The van der Waals surface area contributed by atoms with Gasteiger partial charge in [0.05, 0.1) is 26.0 Å². The maximum atomic E-state index is 12.9. The predicted molar refractivity (Wildman–Crippen MR) is 113 cm³/mol. The van der Waals surface area contributed by atoms with Gasteiger partial charge < -0.3 is 4.90 Å². The molecule has 0 radical (unpaired) electrons. The highest BCUT2D eigenvalue weighted by Crippen LogP contribution is 2.32. The first-order valence-corrected chi connectivity index (χ1v) is 9.35. The molecule has 5 heteroatoms. The zero-order valence-electron chi connectivity index (χ0n) is 21.1. The summed E-state index contributed by atoms with van der Waals surface area (Å²) in [6.07, 6.45) is 3.04. The van der Waals surface area contributed by atoms with Crippen molar-refractivity contribution in [2.75, 3.05) is 0 Å². The van der Waals surface area contributed by atoms with Crippen molar-refractivity contribution in [3.8, 4) is 11.1 Å². The van der Waals surface area contributed by atoms with Crippen molar-refractivity contribution in [2.45, 2.75) is 26.9 Å². The van der Waals surface area contributed by atoms with E-state index in [1.165, 1.54) is 11.1 Å². The van der Waals surface area contributed by atoms with Gasteiger partial charge in [-0.15, -0.1) is 0 Å². The topological polar surface area (TPSA) is 51.0 Å². The van der Waals surface area contributed by atoms with Crippen molar-refractivity contribution in [3.63, 3.8) is 0 Å². The number of hydrogen-bond acceptors (Lipinski definition) is 3. The molecule has 0 aliphatic carbocycles. The van der Waals surface area contributed by atoms with Crippen LogP contribution in [0, 0.1) is 13.8 Å². The number of pyridine rings is 1. The van der Waals surface area contributed by atoms with E-state index in [2.05, 4.69) is 10.1 Å². The van der Waals surface area contributed by atoms with E-state index < -0.39 is 13.5 Å². The molecule has 0 N–H and O–H groups in total. The van der Waals surface area contributed by atoms with E-state index in [0.717, 1.165) is 37.9 Å². The van der Waals surface area contributed by atoms with E-state index >= 15 is 0 Å². The third-order valence-electron chi connectivity index (χ3n) is 5.38. The lowest BCUT2D eigenvalue weighted by molar-refractivity contribution is 0.0766. The maximum Gasteiger partial charge on any atom is 0.256 e. The number of benzene rings is 2. The summed E-state index contributed by atoms with van der Waals surface area (Å²) in [5, 5.41) is 5.03. The predicted octanol–water partition coefficient (Wildman–Crippen LogP) is 4.41. The van der Waals surface area contributed by atoms with Crippen LogP contribution in [0.3, 0.4) is 0 Å². The molecule has 4 aromatic rings. The highest BCUT2D eigenvalue weighted by Gasteiger charge is 2.28. The first-order chi connectivity index (χ1) is 16.0. The van der Waals surface area contributed by atoms with Crippen LogP contribution >= 0.6 is 0 Å². The van der Waals surface area contributed by atoms with Gasteiger partial charge in [0, 0.05) is 35.4 Å². The Bertz CT molecular complexity index is 1460. The molecule has 0 saturated carbocycles. The van der Waals surface area contributed by atoms with Crippen LogP contribution in [0.2, 0.25) is 0 Å². The maximum absolute atomic E-state index is 12.9. The van der Waals surface area contributed by atoms with Crippen molar-refractivity contribution < 1.29 is 11.6 Å². The Hall–Kier alpha value is -3.47. The third-order valence-corrected chi connectivity index (χ3v) is 5.38. The van der Waals surface area contributed by atoms with Crippen molar-refractivity contribution in [3.05, 3.63) is 82.8 Å². The van der Waals surface area contributed by atoms with E-state index in [1.807, 2.05) is 44.2 Å². The summed E-state index contributed by atoms with van der Waals surface area (Å²) in [5.74, 6) is -0.381. The van der Waals surface area contributed by atoms with Gasteiger partial charge in [0.15, 0.2) is 0 Å². The van der Waals surface area contributed by atoms with Gasteiger partial charge in [0.1, 0.15) is 0 Å². The van der Waals surface area contributed by atoms with E-state index in [-0.39, 0.29) is 23.7 Å². The molecule has 5 rings (SSSR count). The van der Waals surface area contributed by atoms with Crippen LogP contribution in [0.4, 0.5) is 0 Å². The van der Waals surface area contributed by atoms with E-state index in [9.17, 15) is 4.79 Å². The largest absolute Gasteiger partial charge is 0.328 e. The van der Waals surface area contributed by atoms with Crippen LogP contribution in [0.1, 0.15) is 39.6 Å². The number of carbonyl (C=O) groups excluding carboxylic acids is 1. The minimum absolute atomic E-state index is 0.106. The lowest BCUT2D eigenvalue weighted by Gasteiger charge is -2.18. The molecule has 1 aliphatic heterocycles. The normalized spacial score (nSPS) is 18.1. The van der Waals surface area contributed by atoms with Gasteiger partial charge in [0.2, 0.25) is 0 Å². The monoisotopic (exact) mass is 387 g/mol. The van der Waals surface area contributed by atoms with Crippen LogP contribution in [0.5, 0.6) is 0 Å². The van der Waals surface area contributed by atoms with Crippen LogP contribution < -0.4 is 0 Å². The van der Waals surface area contributed by atoms with Gasteiger partial charge in [-0.25, -0.2) is 0 Å². The zero-order valence-corrected chi connectivity index (χ0v) is 16.1. The SMILES string of the molecule is [2H]C1([2H])c2ncccc2C(=O)N1Cc1ccc(-c2ccc(C)c3nn(C([2H])([2H])[2H])cc23)cc1C. The molecule has 0 bridgehead atoms. The quantitative estimate of drug-likeness (QED) is 0.523. The number of hydrogen-bond donors (Lipinski definition) is 0. The summed E-state index contributed by atoms with van der Waals surface area (Å²) >= 11 is 0. The molecule has 1 aliphatic rings. The molecule has 2 aromatic carbocycles. The number of aryl methyl sites for hydroxylation is 3. The van der Waals surface area contributed by atoms with Gasteiger partial charge in [-0.1, -0.05) is 30.3 Å². The zero-order chi connectivity index (χ0) is 24.4. The molecule has 0 saturated heterocycles. The minimum atomic E-state index is -2.36. The van der Waals surface area contributed by atoms with Crippen molar-refractivity contribution >= 4 is 16.8 Å². The van der Waals surface area contributed by atoms with E-state index in [1.54, 1.807) is 18.3 Å². The molecule has 0 atom stereocenters. The minimum Gasteiger partial charge on any atom is -0.328 e. The average Bonchev–Trinajstić information content (AvgIpc) is 3.31. The van der Waals surface area contributed by atoms with Gasteiger partial charge in [-0.2, -0.15) is 5.10 Å². The lowest BCUT2D eigenvalue weighted by Crippen LogP contribution is -2.23. The summed E-state index contributed by atoms with van der Waals surface area (Å²) < 4.78 is 41.0. The second-order valence-electron chi connectivity index (χ2n) is 7.31. The molecule has 0 unspecified atom stereocenters. The van der Waals surface area contributed by atoms with E-state index in [4.69, 9.17) is 6.85 Å². The average molecular weight is 387 g/mol. The first kappa shape index (κ1) is 12.9. The molecular formula is C24H22N4O. The highest BCUT2D eigenvalue weighted by molar-refractivity contribution is 5.98. The second-order valence-corrected chi connectivity index (χ2v) is 7.31. The third kappa shape index (κ3) is 2.90. The molecule has 1 amide bonds. The standard InChI is InChI=1S/C24H22N4O/c1-15-6-9-19(21-13-27(3)26-23(15)21)17-7-8-18(16(2)11-17)12-28-14-22-20(24(28)29)5-4-10-25-22/h4-11,13H,12,14H2,1-3H3/i3D3,14D2. The first-order valence-electron chi connectivity index (χ1n) is 11.9. The fraction of sp³-hybridized carbons (Fsp3) is 0.208. The number of aromatic nitrogens is 3. The number of amides is 1. The Balaban J connectivity index is 1.51. The Morgan fingerprint density at radius 1 is 1.14 bits per heavy atom. The summed E-state index contributed by atoms with van der Waals surface area (Å²) in [7, 11) is 0. The van der Waals surface area contributed by atoms with Gasteiger partial charge in [-0.3, -0.25) is 14.5 Å². The molecule has 0 spiro atoms. The molecular weight excluding hydrogens is 360 g/mol. The number of fused-ring (bicyclic) bond motifs is 2. The smallest absolute Gasteiger partial charge is 0.256 e. The Morgan fingerprint density at radius 3 is 2.83 bits per heavy atom. The lowest BCUT2D eigenvalue weighted by atomic mass is 9.96. The van der Waals surface area contributed by atoms with E-state index in [0.29, 0.717) is 5.52 Å². The summed E-state index contributed by atoms with van der Waals surface area (Å²) in [6, 6.07) is 12.8. The molecule has 2 aromatic heterocycles. The Morgan fingerprint density at radius 2 is 2.03 bits per heavy atom. The molecule has 144 valence electrons. The van der Waals surface area contributed by atoms with Crippen molar-refractivity contribution in [1.29, 1.82) is 0 Å². The number of carbonyl (C=O) groups is 1. The van der Waals surface area contributed by atoms with Crippen LogP contribution in [-0.2, 0) is 20.0 Å². The van der Waals surface area contributed by atoms with Gasteiger partial charge in [0.25, 0.3) is 5.91 Å². The van der Waals surface area contributed by atoms with Crippen LogP contribution in [-0.4, -0.2) is 25.6 Å². The molecule has 0 fully saturated rings. The molecule has 3 heterocycles. The van der Waals surface area contributed by atoms with Crippen LogP contribution in [0.25, 0.3) is 22.0 Å². The molecule has 5 nitrogen and oxygen atoms in total. The Kier molecular flexibility index (Phi) is 2.91. The summed E-state index contributed by atoms with van der Waals surface area (Å²) in [5.41, 5.74) is 5.40. The van der Waals surface area contributed by atoms with Gasteiger partial charge >= 0.3 is 0 Å². The number of rotatable bonds is 3.